The molecule has 0 bridgehead atoms. The molecule has 0 radical (unpaired) electrons. The van der Waals surface area contributed by atoms with Gasteiger partial charge in [-0.2, -0.15) is 0 Å². The number of carboxylic acid groups (broad SMARTS) is 1. The van der Waals surface area contributed by atoms with E-state index in [9.17, 15) is 28.8 Å². The number of H-pyrrole nitrogens is 2. The molecule has 0 aromatic carbocycles. The highest BCUT2D eigenvalue weighted by Crippen LogP contribution is 2.33. The van der Waals surface area contributed by atoms with E-state index in [-0.39, 0.29) is 76.8 Å². The maximum Gasteiger partial charge on any atom is 0.354 e. The largest absolute Gasteiger partial charge is 0.503 e. The molecule has 7 N–H and O–H groups in total. The Balaban J connectivity index is 0.000000159. The number of aliphatic hydroxyl groups excluding tert-OH is 2. The van der Waals surface area contributed by atoms with E-state index in [0.29, 0.717) is 80.8 Å². The molecular weight excluding hydrogens is 949 g/mol. The number of aliphatic hydroxyl groups is 2. The Bertz CT molecular complexity index is 2930. The molecule has 6 aromatic rings. The lowest BCUT2D eigenvalue weighted by atomic mass is 10.3. The molecule has 6 aromatic heterocycles. The number of hydrogen-bond donors (Lipinski definition) is 7. The number of aldehydes is 1. The molecule has 0 saturated heterocycles. The number of aromatic hydroxyl groups is 2. The van der Waals surface area contributed by atoms with Crippen molar-refractivity contribution in [2.24, 2.45) is 0 Å². The van der Waals surface area contributed by atoms with Crippen LogP contribution in [0.15, 0.2) is 83.2 Å². The van der Waals surface area contributed by atoms with Crippen molar-refractivity contribution in [1.82, 2.24) is 29.9 Å². The molecule has 0 spiro atoms. The minimum Gasteiger partial charge on any atom is -0.503 e. The van der Waals surface area contributed by atoms with Gasteiger partial charge in [0.2, 0.25) is 38.0 Å². The van der Waals surface area contributed by atoms with E-state index >= 15 is 0 Å². The fourth-order valence-electron chi connectivity index (χ4n) is 5.19. The molecule has 27 nitrogen and oxygen atoms in total. The summed E-state index contributed by atoms with van der Waals surface area (Å²) in [7, 11) is 0. The number of aromatic amines is 2. The summed E-state index contributed by atoms with van der Waals surface area (Å²) in [4.78, 5) is 83.7. The van der Waals surface area contributed by atoms with Gasteiger partial charge in [-0.1, -0.05) is 0 Å². The molecule has 0 amide bonds. The Kier molecular flexibility index (Phi) is 19.3. The molecule has 4 aliphatic rings. The van der Waals surface area contributed by atoms with Gasteiger partial charge >= 0.3 is 17.9 Å². The highest BCUT2D eigenvalue weighted by Gasteiger charge is 2.18. The number of nitrogens with zero attached hydrogens (tertiary/aromatic N) is 4. The van der Waals surface area contributed by atoms with Gasteiger partial charge in [-0.05, 0) is 0 Å². The van der Waals surface area contributed by atoms with Crippen LogP contribution in [0.25, 0.3) is 0 Å². The normalized spacial score (nSPS) is 11.9. The lowest BCUT2D eigenvalue weighted by Gasteiger charge is -2.01. The van der Waals surface area contributed by atoms with Gasteiger partial charge < -0.3 is 82.9 Å². The molecule has 27 heteroatoms. The van der Waals surface area contributed by atoms with E-state index in [2.05, 4.69) is 34.6 Å². The Labute approximate surface area is 398 Å². The monoisotopic (exact) mass is 990 g/mol. The number of carbonyl (C=O) groups excluding carboxylic acids is 3. The molecule has 71 heavy (non-hydrogen) atoms. The number of hydrogen-bond acceptors (Lipinski definition) is 24. The Morgan fingerprint density at radius 1 is 0.563 bits per heavy atom. The van der Waals surface area contributed by atoms with Gasteiger partial charge in [0.15, 0.2) is 69.5 Å². The van der Waals surface area contributed by atoms with Crippen molar-refractivity contribution in [1.29, 1.82) is 0 Å². The van der Waals surface area contributed by atoms with E-state index < -0.39 is 22.8 Å². The zero-order valence-electron chi connectivity index (χ0n) is 37.2. The van der Waals surface area contributed by atoms with Crippen LogP contribution in [-0.4, -0.2) is 107 Å². The van der Waals surface area contributed by atoms with Crippen molar-refractivity contribution in [3.05, 3.63) is 128 Å². The lowest BCUT2D eigenvalue weighted by Crippen LogP contribution is -2.06. The van der Waals surface area contributed by atoms with Gasteiger partial charge in [0.1, 0.15) is 18.9 Å². The van der Waals surface area contributed by atoms with Gasteiger partial charge in [0.05, 0.1) is 55.1 Å². The number of esters is 2. The smallest absolute Gasteiger partial charge is 0.354 e. The van der Waals surface area contributed by atoms with E-state index in [1.54, 1.807) is 30.6 Å². The predicted octanol–water partition coefficient (Wildman–Crippen LogP) is 2.02. The van der Waals surface area contributed by atoms with Gasteiger partial charge in [-0.15, -0.1) is 0 Å². The average molecular weight is 991 g/mol. The second kappa shape index (κ2) is 26.2. The van der Waals surface area contributed by atoms with Crippen LogP contribution in [0.4, 0.5) is 0 Å². The summed E-state index contributed by atoms with van der Waals surface area (Å²) in [6.45, 7) is 3.29. The van der Waals surface area contributed by atoms with E-state index in [4.69, 9.17) is 68.2 Å². The molecule has 0 aliphatic carbocycles. The third-order valence-electron chi connectivity index (χ3n) is 8.61. The molecule has 374 valence electrons. The van der Waals surface area contributed by atoms with Crippen LogP contribution in [0, 0.1) is 0 Å². The molecule has 0 fully saturated rings. The average Bonchev–Trinajstić information content (AvgIpc) is 4.23. The van der Waals surface area contributed by atoms with Gasteiger partial charge in [-0.3, -0.25) is 33.9 Å². The maximum atomic E-state index is 10.9. The first-order valence-corrected chi connectivity index (χ1v) is 20.1. The number of nitrogens with one attached hydrogen (secondary N) is 2. The Morgan fingerprint density at radius 2 is 0.986 bits per heavy atom. The minimum atomic E-state index is -1.08. The summed E-state index contributed by atoms with van der Waals surface area (Å²) < 4.78 is 49.7. The molecule has 4 aliphatic heterocycles. The maximum absolute atomic E-state index is 10.9. The molecule has 10 rings (SSSR count). The standard InChI is InChI=1S/C9H9NO4.C8H9NO4.C7H5NO4.C7H7NO3.C7H5NO3.C6H7NO3/c1-6(11)12-4-7-2-8-9(3-10-7)14-5-13-8;1-5(10)13-4-6-2-7(11)8(12)3-9-6;9-7(10)4-1-5-6(2-8-4)12-3-11-5;2*9-3-5-1-6-7(2-8-5)11-4-10-6;8-3-4-1-5(9)6(10)2-7-4/h2-3H,4-5H2,1H3;2-3,12H,4H2,1H3,(H,9,11);1-2H,3H2,(H,9,10);1-2,9H,3-4H2;1-3H,4H2;1-2,8,10H,3H2,(H,7,9). The van der Waals surface area contributed by atoms with Crippen LogP contribution in [0.2, 0.25) is 0 Å². The van der Waals surface area contributed by atoms with Crippen LogP contribution >= 0.6 is 0 Å². The fourth-order valence-corrected chi connectivity index (χ4v) is 5.19. The Morgan fingerprint density at radius 3 is 1.46 bits per heavy atom. The van der Waals surface area contributed by atoms with E-state index in [0.717, 1.165) is 18.5 Å². The second-order valence-corrected chi connectivity index (χ2v) is 13.7. The third-order valence-corrected chi connectivity index (χ3v) is 8.61. The quantitative estimate of drug-likeness (QED) is 0.0847. The first-order chi connectivity index (χ1) is 34.1. The summed E-state index contributed by atoms with van der Waals surface area (Å²) in [5.41, 5.74) is 1.40. The van der Waals surface area contributed by atoms with Crippen LogP contribution in [-0.2, 0) is 45.5 Å². The number of aromatic nitrogens is 6. The zero-order chi connectivity index (χ0) is 51.3. The topological polar surface area (TPSA) is 379 Å². The summed E-state index contributed by atoms with van der Waals surface area (Å²) in [5.74, 6) is 2.14. The zero-order valence-corrected chi connectivity index (χ0v) is 37.2. The number of fused-ring (bicyclic) bond motifs is 4. The number of rotatable bonds is 8. The number of ether oxygens (including phenoxy) is 10. The van der Waals surface area contributed by atoms with Crippen LogP contribution in [0.1, 0.15) is 57.6 Å². The predicted molar refractivity (Wildman–Crippen MR) is 234 cm³/mol. The van der Waals surface area contributed by atoms with Crippen molar-refractivity contribution >= 4 is 24.2 Å². The highest BCUT2D eigenvalue weighted by atomic mass is 16.7. The molecule has 0 saturated carbocycles. The van der Waals surface area contributed by atoms with Crippen LogP contribution < -0.4 is 48.8 Å². The first-order valence-electron chi connectivity index (χ1n) is 20.1. The summed E-state index contributed by atoms with van der Waals surface area (Å²) in [6, 6.07) is 8.58. The molecule has 0 unspecified atom stereocenters. The summed E-state index contributed by atoms with van der Waals surface area (Å²) in [5, 5.41) is 43.4. The number of carboxylic acids is 1. The van der Waals surface area contributed by atoms with Crippen molar-refractivity contribution in [2.45, 2.75) is 40.3 Å². The van der Waals surface area contributed by atoms with E-state index in [1.807, 2.05) is 0 Å². The van der Waals surface area contributed by atoms with Gasteiger partial charge in [0, 0.05) is 68.3 Å². The van der Waals surface area contributed by atoms with Crippen molar-refractivity contribution < 1.29 is 92.1 Å². The van der Waals surface area contributed by atoms with Crippen LogP contribution in [0.5, 0.6) is 57.5 Å². The summed E-state index contributed by atoms with van der Waals surface area (Å²) in [6.07, 6.45) is 8.89. The van der Waals surface area contributed by atoms with E-state index in [1.165, 1.54) is 38.4 Å². The first kappa shape index (κ1) is 52.5. The number of pyridine rings is 6. The minimum absolute atomic E-state index is 0.00481. The lowest BCUT2D eigenvalue weighted by molar-refractivity contribution is -0.143. The molecule has 0 atom stereocenters. The SMILES string of the molecule is CC(=O)OCc1cc(=O)c(O)c[nH]1.CC(=O)OCc1cc2c(cn1)OCO2.O=C(O)c1cc2c(cn1)OCO2.O=Cc1cc2c(cn1)OCO2.O=c1cc(CO)[nH]cc1O.OCc1cc2c(cn1)OCO2. The number of carbonyl (C=O) groups is 4. The molecule has 10 heterocycles. The highest BCUT2D eigenvalue weighted by molar-refractivity contribution is 5.86. The molecular formula is C44H42N6O21. The second-order valence-electron chi connectivity index (χ2n) is 13.7. The van der Waals surface area contributed by atoms with Crippen LogP contribution in [0.3, 0.4) is 0 Å². The van der Waals surface area contributed by atoms with Gasteiger partial charge in [0.25, 0.3) is 0 Å². The summed E-state index contributed by atoms with van der Waals surface area (Å²) >= 11 is 0. The Hall–Kier alpha value is -9.50. The third kappa shape index (κ3) is 16.4. The van der Waals surface area contributed by atoms with Crippen molar-refractivity contribution in [3.8, 4) is 57.5 Å². The van der Waals surface area contributed by atoms with Crippen molar-refractivity contribution in [2.75, 3.05) is 27.2 Å². The van der Waals surface area contributed by atoms with Gasteiger partial charge in [-0.25, -0.2) is 14.8 Å². The number of aromatic carboxylic acids is 1. The van der Waals surface area contributed by atoms with Crippen molar-refractivity contribution in [3.63, 3.8) is 0 Å². The fraction of sp³-hybridized carbons (Fsp3) is 0.227.